The number of anilines is 2. The summed E-state index contributed by atoms with van der Waals surface area (Å²) in [5.74, 6) is -1.12. The van der Waals surface area contributed by atoms with Gasteiger partial charge in [-0.05, 0) is 42.0 Å². The summed E-state index contributed by atoms with van der Waals surface area (Å²) in [7, 11) is 0. The summed E-state index contributed by atoms with van der Waals surface area (Å²) in [6.07, 6.45) is 0. The fraction of sp³-hybridized carbons (Fsp3) is 0.0556. The van der Waals surface area contributed by atoms with Crippen molar-refractivity contribution in [2.75, 3.05) is 5.32 Å². The van der Waals surface area contributed by atoms with Crippen molar-refractivity contribution in [3.63, 3.8) is 0 Å². The Bertz CT molecular complexity index is 919. The van der Waals surface area contributed by atoms with Crippen molar-refractivity contribution in [1.29, 1.82) is 0 Å². The molecule has 3 rings (SSSR count). The second-order valence-corrected chi connectivity index (χ2v) is 6.01. The van der Waals surface area contributed by atoms with Crippen LogP contribution < -0.4 is 15.2 Å². The number of carbonyl (C=O) groups excluding carboxylic acids is 2. The molecule has 0 unspecified atom stereocenters. The first-order valence-corrected chi connectivity index (χ1v) is 8.22. The third kappa shape index (κ3) is 4.21. The molecule has 7 heteroatoms. The molecule has 0 aliphatic rings. The SMILES string of the molecule is CC(=O)Oc1ccc(-c2csc(Nc3cccc(C(=O)[O-])c3)n2)cc1. The summed E-state index contributed by atoms with van der Waals surface area (Å²) in [6, 6.07) is 13.4. The molecule has 0 aliphatic carbocycles. The highest BCUT2D eigenvalue weighted by molar-refractivity contribution is 7.14. The number of carboxylic acids is 1. The van der Waals surface area contributed by atoms with Crippen molar-refractivity contribution in [3.8, 4) is 17.0 Å². The molecular weight excluding hydrogens is 340 g/mol. The molecule has 0 saturated carbocycles. The smallest absolute Gasteiger partial charge is 0.308 e. The molecule has 126 valence electrons. The lowest BCUT2D eigenvalue weighted by Gasteiger charge is -2.06. The third-order valence-electron chi connectivity index (χ3n) is 3.27. The van der Waals surface area contributed by atoms with Crippen molar-refractivity contribution in [3.05, 3.63) is 59.5 Å². The number of rotatable bonds is 5. The molecule has 0 fully saturated rings. The minimum Gasteiger partial charge on any atom is -0.545 e. The van der Waals surface area contributed by atoms with Crippen LogP contribution in [-0.2, 0) is 4.79 Å². The Kier molecular flexibility index (Phi) is 4.76. The molecule has 25 heavy (non-hydrogen) atoms. The standard InChI is InChI=1S/C18H14N2O4S/c1-11(21)24-15-7-5-12(6-8-15)16-10-25-18(20-16)19-14-4-2-3-13(9-14)17(22)23/h2-10H,1H3,(H,19,20)(H,22,23)/p-1. The van der Waals surface area contributed by atoms with Crippen LogP contribution in [0.1, 0.15) is 17.3 Å². The minimum absolute atomic E-state index is 0.0999. The Hall–Kier alpha value is -3.19. The first-order valence-electron chi connectivity index (χ1n) is 7.34. The van der Waals surface area contributed by atoms with Gasteiger partial charge in [0.2, 0.25) is 0 Å². The lowest BCUT2D eigenvalue weighted by atomic mass is 10.2. The maximum Gasteiger partial charge on any atom is 0.308 e. The van der Waals surface area contributed by atoms with Gasteiger partial charge in [0.25, 0.3) is 0 Å². The highest BCUT2D eigenvalue weighted by Crippen LogP contribution is 2.28. The van der Waals surface area contributed by atoms with Crippen LogP contribution in [0, 0.1) is 0 Å². The number of hydrogen-bond donors (Lipinski definition) is 1. The van der Waals surface area contributed by atoms with E-state index in [-0.39, 0.29) is 11.5 Å². The first-order chi connectivity index (χ1) is 12.0. The molecule has 2 aromatic carbocycles. The Morgan fingerprint density at radius 1 is 1.16 bits per heavy atom. The number of hydrogen-bond acceptors (Lipinski definition) is 7. The molecule has 1 aromatic heterocycles. The molecule has 6 nitrogen and oxygen atoms in total. The molecule has 0 spiro atoms. The van der Waals surface area contributed by atoms with E-state index in [1.54, 1.807) is 24.3 Å². The van der Waals surface area contributed by atoms with E-state index in [1.807, 2.05) is 17.5 Å². The van der Waals surface area contributed by atoms with Crippen LogP contribution in [0.2, 0.25) is 0 Å². The molecule has 0 radical (unpaired) electrons. The molecule has 0 atom stereocenters. The topological polar surface area (TPSA) is 91.3 Å². The van der Waals surface area contributed by atoms with Gasteiger partial charge in [-0.15, -0.1) is 11.3 Å². The zero-order valence-electron chi connectivity index (χ0n) is 13.2. The van der Waals surface area contributed by atoms with Gasteiger partial charge in [-0.1, -0.05) is 12.1 Å². The molecule has 1 heterocycles. The van der Waals surface area contributed by atoms with Crippen LogP contribution in [0.25, 0.3) is 11.3 Å². The Morgan fingerprint density at radius 2 is 1.92 bits per heavy atom. The number of esters is 1. The maximum atomic E-state index is 10.9. The van der Waals surface area contributed by atoms with E-state index >= 15 is 0 Å². The van der Waals surface area contributed by atoms with E-state index in [2.05, 4.69) is 10.3 Å². The van der Waals surface area contributed by atoms with Crippen molar-refractivity contribution >= 4 is 34.1 Å². The van der Waals surface area contributed by atoms with Gasteiger partial charge in [0.1, 0.15) is 5.75 Å². The summed E-state index contributed by atoms with van der Waals surface area (Å²) < 4.78 is 5.00. The molecule has 3 aromatic rings. The first kappa shape index (κ1) is 16.7. The van der Waals surface area contributed by atoms with E-state index in [0.717, 1.165) is 11.3 Å². The number of nitrogens with one attached hydrogen (secondary N) is 1. The van der Waals surface area contributed by atoms with Crippen LogP contribution in [-0.4, -0.2) is 16.9 Å². The number of aromatic carboxylic acids is 1. The lowest BCUT2D eigenvalue weighted by Crippen LogP contribution is -2.22. The molecule has 0 amide bonds. The number of ether oxygens (including phenoxy) is 1. The lowest BCUT2D eigenvalue weighted by molar-refractivity contribution is -0.255. The summed E-state index contributed by atoms with van der Waals surface area (Å²) in [5, 5.41) is 16.5. The van der Waals surface area contributed by atoms with Crippen molar-refractivity contribution in [1.82, 2.24) is 4.98 Å². The van der Waals surface area contributed by atoms with Gasteiger partial charge in [-0.3, -0.25) is 4.79 Å². The quantitative estimate of drug-likeness (QED) is 0.560. The second kappa shape index (κ2) is 7.14. The van der Waals surface area contributed by atoms with Gasteiger partial charge >= 0.3 is 5.97 Å². The van der Waals surface area contributed by atoms with E-state index < -0.39 is 5.97 Å². The number of carbonyl (C=O) groups is 2. The van der Waals surface area contributed by atoms with Crippen LogP contribution in [0.4, 0.5) is 10.8 Å². The van der Waals surface area contributed by atoms with Crippen LogP contribution in [0.3, 0.4) is 0 Å². The van der Waals surface area contributed by atoms with Crippen molar-refractivity contribution in [2.24, 2.45) is 0 Å². The van der Waals surface area contributed by atoms with Gasteiger partial charge < -0.3 is 20.0 Å². The average molecular weight is 353 g/mol. The molecule has 0 aliphatic heterocycles. The number of nitrogens with zero attached hydrogens (tertiary/aromatic N) is 1. The van der Waals surface area contributed by atoms with Gasteiger partial charge in [0.05, 0.1) is 11.7 Å². The summed E-state index contributed by atoms with van der Waals surface area (Å²) in [6.45, 7) is 1.35. The normalized spacial score (nSPS) is 10.3. The highest BCUT2D eigenvalue weighted by atomic mass is 32.1. The average Bonchev–Trinajstić information content (AvgIpc) is 3.03. The van der Waals surface area contributed by atoms with E-state index in [0.29, 0.717) is 16.6 Å². The second-order valence-electron chi connectivity index (χ2n) is 5.15. The summed E-state index contributed by atoms with van der Waals surface area (Å²) >= 11 is 1.40. The van der Waals surface area contributed by atoms with Crippen molar-refractivity contribution in [2.45, 2.75) is 6.92 Å². The van der Waals surface area contributed by atoms with E-state index in [4.69, 9.17) is 4.74 Å². The Morgan fingerprint density at radius 3 is 2.60 bits per heavy atom. The summed E-state index contributed by atoms with van der Waals surface area (Å²) in [4.78, 5) is 26.3. The fourth-order valence-electron chi connectivity index (χ4n) is 2.17. The number of carboxylic acid groups (broad SMARTS) is 1. The zero-order valence-corrected chi connectivity index (χ0v) is 14.0. The third-order valence-corrected chi connectivity index (χ3v) is 4.02. The summed E-state index contributed by atoms with van der Waals surface area (Å²) in [5.41, 5.74) is 2.36. The van der Waals surface area contributed by atoms with Gasteiger partial charge in [-0.25, -0.2) is 4.98 Å². The highest BCUT2D eigenvalue weighted by Gasteiger charge is 2.06. The number of aromatic nitrogens is 1. The molecule has 0 saturated heterocycles. The predicted octanol–water partition coefficient (Wildman–Crippen LogP) is 2.84. The molecule has 1 N–H and O–H groups in total. The minimum atomic E-state index is -1.23. The van der Waals surface area contributed by atoms with Gasteiger partial charge in [0, 0.05) is 23.6 Å². The Balaban J connectivity index is 1.75. The fourth-order valence-corrected chi connectivity index (χ4v) is 2.91. The number of benzene rings is 2. The predicted molar refractivity (Wildman–Crippen MR) is 92.9 cm³/mol. The van der Waals surface area contributed by atoms with Gasteiger partial charge in [0.15, 0.2) is 5.13 Å². The van der Waals surface area contributed by atoms with Crippen LogP contribution in [0.5, 0.6) is 5.75 Å². The van der Waals surface area contributed by atoms with E-state index in [9.17, 15) is 14.7 Å². The Labute approximate surface area is 147 Å². The zero-order chi connectivity index (χ0) is 17.8. The van der Waals surface area contributed by atoms with Crippen LogP contribution >= 0.6 is 11.3 Å². The maximum absolute atomic E-state index is 10.9. The monoisotopic (exact) mass is 353 g/mol. The van der Waals surface area contributed by atoms with Gasteiger partial charge in [-0.2, -0.15) is 0 Å². The van der Waals surface area contributed by atoms with Crippen molar-refractivity contribution < 1.29 is 19.4 Å². The molecular formula is C18H13N2O4S-. The van der Waals surface area contributed by atoms with Crippen LogP contribution in [0.15, 0.2) is 53.9 Å². The molecule has 0 bridgehead atoms. The van der Waals surface area contributed by atoms with E-state index in [1.165, 1.54) is 30.4 Å². The largest absolute Gasteiger partial charge is 0.545 e. The number of thiazole rings is 1.